The maximum Gasteiger partial charge on any atom is 0.472 e. The average molecular weight is 1540 g/mol. The SMILES string of the molecule is CCCCCCCCCCCCCCCCCCCCCCCC(=O)O[C@H](COC(=O)CCCCCCCCCCCCCCCCCCC)COP(=O)(O)OC[C@@H](O)COP(=O)(O)OC[C@@H](COC(=O)CCCCCCCCCCCCCC)OC(=O)CCCCCCCCCCCCCCC(C)C. The summed E-state index contributed by atoms with van der Waals surface area (Å²) in [5.74, 6) is -1.32. The summed E-state index contributed by atoms with van der Waals surface area (Å²) in [5, 5.41) is 10.7. The molecule has 0 aliphatic rings. The number of esters is 4. The number of rotatable bonds is 86. The summed E-state index contributed by atoms with van der Waals surface area (Å²) in [6.07, 6.45) is 72.1. The van der Waals surface area contributed by atoms with E-state index in [1.165, 1.54) is 289 Å². The molecule has 0 fully saturated rings. The highest BCUT2D eigenvalue weighted by atomic mass is 31.2. The molecule has 0 bridgehead atoms. The molecule has 0 aliphatic heterocycles. The summed E-state index contributed by atoms with van der Waals surface area (Å²) in [4.78, 5) is 73.2. The van der Waals surface area contributed by atoms with Crippen molar-refractivity contribution >= 4 is 39.5 Å². The van der Waals surface area contributed by atoms with Gasteiger partial charge < -0.3 is 33.8 Å². The molecule has 2 unspecified atom stereocenters. The molecule has 0 aliphatic carbocycles. The van der Waals surface area contributed by atoms with E-state index in [1.54, 1.807) is 0 Å². The highest BCUT2D eigenvalue weighted by Gasteiger charge is 2.30. The van der Waals surface area contributed by atoms with Crippen LogP contribution in [0.3, 0.4) is 0 Å². The number of ether oxygens (including phenoxy) is 4. The number of hydrogen-bond donors (Lipinski definition) is 3. The third-order valence-electron chi connectivity index (χ3n) is 20.3. The van der Waals surface area contributed by atoms with Gasteiger partial charge in [-0.1, -0.05) is 413 Å². The molecule has 0 heterocycles. The molecule has 0 saturated heterocycles. The first-order valence-electron chi connectivity index (χ1n) is 44.6. The lowest BCUT2D eigenvalue weighted by Crippen LogP contribution is -2.30. The molecular weight excluding hydrogens is 1370 g/mol. The van der Waals surface area contributed by atoms with Gasteiger partial charge in [-0.15, -0.1) is 0 Å². The second-order valence-electron chi connectivity index (χ2n) is 31.4. The van der Waals surface area contributed by atoms with E-state index in [-0.39, 0.29) is 25.7 Å². The Balaban J connectivity index is 5.24. The summed E-state index contributed by atoms with van der Waals surface area (Å²) in [7, 11) is -9.93. The number of unbranched alkanes of at least 4 members (excludes halogenated alkanes) is 58. The van der Waals surface area contributed by atoms with E-state index < -0.39 is 97.5 Å². The van der Waals surface area contributed by atoms with Crippen LogP contribution in [-0.2, 0) is 65.4 Å². The van der Waals surface area contributed by atoms with Crippen molar-refractivity contribution in [1.29, 1.82) is 0 Å². The molecule has 105 heavy (non-hydrogen) atoms. The van der Waals surface area contributed by atoms with E-state index in [1.807, 2.05) is 0 Å². The summed E-state index contributed by atoms with van der Waals surface area (Å²) >= 11 is 0. The Kier molecular flexibility index (Phi) is 77.3. The van der Waals surface area contributed by atoms with E-state index in [0.29, 0.717) is 25.7 Å². The van der Waals surface area contributed by atoms with Gasteiger partial charge in [0.2, 0.25) is 0 Å². The van der Waals surface area contributed by atoms with Crippen LogP contribution in [0.4, 0.5) is 0 Å². The molecule has 0 spiro atoms. The number of phosphoric ester groups is 2. The normalized spacial score (nSPS) is 13.8. The Morgan fingerprint density at radius 2 is 0.438 bits per heavy atom. The smallest absolute Gasteiger partial charge is 0.462 e. The predicted octanol–water partition coefficient (Wildman–Crippen LogP) is 26.4. The molecule has 0 rings (SSSR count). The zero-order chi connectivity index (χ0) is 76.9. The lowest BCUT2D eigenvalue weighted by Gasteiger charge is -2.21. The molecule has 3 N–H and O–H groups in total. The highest BCUT2D eigenvalue weighted by Crippen LogP contribution is 2.45. The van der Waals surface area contributed by atoms with Gasteiger partial charge in [-0.3, -0.25) is 37.3 Å². The van der Waals surface area contributed by atoms with Gasteiger partial charge in [-0.2, -0.15) is 0 Å². The molecule has 624 valence electrons. The fourth-order valence-electron chi connectivity index (χ4n) is 13.5. The van der Waals surface area contributed by atoms with E-state index >= 15 is 0 Å². The van der Waals surface area contributed by atoms with Gasteiger partial charge in [-0.25, -0.2) is 9.13 Å². The number of carbonyl (C=O) groups is 4. The number of phosphoric acid groups is 2. The zero-order valence-electron chi connectivity index (χ0n) is 68.9. The van der Waals surface area contributed by atoms with Crippen molar-refractivity contribution in [3.05, 3.63) is 0 Å². The maximum absolute atomic E-state index is 13.1. The van der Waals surface area contributed by atoms with Gasteiger partial charge in [0, 0.05) is 25.7 Å². The molecule has 5 atom stereocenters. The summed E-state index contributed by atoms with van der Waals surface area (Å²) in [6, 6.07) is 0. The number of aliphatic hydroxyl groups is 1. The first kappa shape index (κ1) is 103. The molecule has 0 aromatic carbocycles. The van der Waals surface area contributed by atoms with E-state index in [0.717, 1.165) is 95.8 Å². The molecular formula is C86H168O17P2. The van der Waals surface area contributed by atoms with Crippen LogP contribution in [0.1, 0.15) is 465 Å². The summed E-state index contributed by atoms with van der Waals surface area (Å²) in [5.41, 5.74) is 0. The Labute approximate surface area is 645 Å². The van der Waals surface area contributed by atoms with Crippen molar-refractivity contribution < 1.29 is 80.2 Å². The molecule has 0 amide bonds. The predicted molar refractivity (Wildman–Crippen MR) is 432 cm³/mol. The van der Waals surface area contributed by atoms with Crippen LogP contribution in [0, 0.1) is 5.92 Å². The minimum atomic E-state index is -4.97. The minimum absolute atomic E-state index is 0.108. The van der Waals surface area contributed by atoms with Crippen molar-refractivity contribution in [3.63, 3.8) is 0 Å². The third kappa shape index (κ3) is 79.9. The molecule has 17 nitrogen and oxygen atoms in total. The van der Waals surface area contributed by atoms with Crippen LogP contribution in [0.5, 0.6) is 0 Å². The van der Waals surface area contributed by atoms with E-state index in [4.69, 9.17) is 37.0 Å². The number of aliphatic hydroxyl groups excluding tert-OH is 1. The van der Waals surface area contributed by atoms with E-state index in [2.05, 4.69) is 34.6 Å². The Morgan fingerprint density at radius 1 is 0.257 bits per heavy atom. The molecule has 0 aromatic heterocycles. The summed E-state index contributed by atoms with van der Waals surface area (Å²) < 4.78 is 68.9. The largest absolute Gasteiger partial charge is 0.472 e. The Morgan fingerprint density at radius 3 is 0.648 bits per heavy atom. The lowest BCUT2D eigenvalue weighted by molar-refractivity contribution is -0.161. The van der Waals surface area contributed by atoms with E-state index in [9.17, 15) is 43.2 Å². The molecule has 19 heteroatoms. The first-order chi connectivity index (χ1) is 51.0. The van der Waals surface area contributed by atoms with Crippen molar-refractivity contribution in [3.8, 4) is 0 Å². The Hall–Kier alpha value is -1.94. The second-order valence-corrected chi connectivity index (χ2v) is 34.3. The lowest BCUT2D eigenvalue weighted by atomic mass is 10.0. The summed E-state index contributed by atoms with van der Waals surface area (Å²) in [6.45, 7) is 7.38. The van der Waals surface area contributed by atoms with Crippen molar-refractivity contribution in [2.75, 3.05) is 39.6 Å². The van der Waals surface area contributed by atoms with Crippen molar-refractivity contribution in [1.82, 2.24) is 0 Å². The van der Waals surface area contributed by atoms with Gasteiger partial charge in [-0.05, 0) is 31.6 Å². The van der Waals surface area contributed by atoms with Crippen LogP contribution >= 0.6 is 15.6 Å². The standard InChI is InChI=1S/C86H168O17P2/c1-6-9-12-15-18-21-24-27-29-31-32-33-34-36-38-40-46-51-56-61-66-71-85(90)102-82(76-97-84(89)70-65-60-55-50-45-39-37-35-30-28-25-22-19-16-13-10-7-2)78-101-105(94,95)99-74-80(87)73-98-104(92,93)100-77-81(75-96-83(88)69-64-59-54-49-44-26-23-20-17-14-11-8-3)103-86(91)72-67-62-57-52-47-42-41-43-48-53-58-63-68-79(4)5/h79-82,87H,6-78H2,1-5H3,(H,92,93)(H,94,95)/t80-,81+,82+/m0/s1. The zero-order valence-corrected chi connectivity index (χ0v) is 70.7. The third-order valence-corrected chi connectivity index (χ3v) is 22.2. The van der Waals surface area contributed by atoms with Crippen molar-refractivity contribution in [2.24, 2.45) is 5.92 Å². The average Bonchev–Trinajstić information content (AvgIpc) is 0.910. The van der Waals surface area contributed by atoms with Crippen LogP contribution < -0.4 is 0 Å². The fourth-order valence-corrected chi connectivity index (χ4v) is 15.1. The van der Waals surface area contributed by atoms with Crippen LogP contribution in [0.2, 0.25) is 0 Å². The van der Waals surface area contributed by atoms with Gasteiger partial charge in [0.25, 0.3) is 0 Å². The van der Waals surface area contributed by atoms with Crippen LogP contribution in [0.25, 0.3) is 0 Å². The number of hydrogen-bond acceptors (Lipinski definition) is 15. The quantitative estimate of drug-likeness (QED) is 0.0222. The maximum atomic E-state index is 13.1. The Bertz CT molecular complexity index is 2000. The molecule has 0 aromatic rings. The highest BCUT2D eigenvalue weighted by molar-refractivity contribution is 7.47. The number of carbonyl (C=O) groups excluding carboxylic acids is 4. The minimum Gasteiger partial charge on any atom is -0.462 e. The molecule has 0 radical (unpaired) electrons. The first-order valence-corrected chi connectivity index (χ1v) is 47.6. The topological polar surface area (TPSA) is 237 Å². The monoisotopic (exact) mass is 1540 g/mol. The molecule has 0 saturated carbocycles. The van der Waals surface area contributed by atoms with Crippen LogP contribution in [-0.4, -0.2) is 96.7 Å². The van der Waals surface area contributed by atoms with Gasteiger partial charge in [0.1, 0.15) is 19.3 Å². The van der Waals surface area contributed by atoms with Crippen molar-refractivity contribution in [2.45, 2.75) is 483 Å². The van der Waals surface area contributed by atoms with Gasteiger partial charge >= 0.3 is 39.5 Å². The van der Waals surface area contributed by atoms with Crippen LogP contribution in [0.15, 0.2) is 0 Å². The fraction of sp³-hybridized carbons (Fsp3) is 0.953. The van der Waals surface area contributed by atoms with Gasteiger partial charge in [0.05, 0.1) is 26.4 Å². The second kappa shape index (κ2) is 78.7. The van der Waals surface area contributed by atoms with Gasteiger partial charge in [0.15, 0.2) is 12.2 Å².